The molecule has 2 rings (SSSR count). The van der Waals surface area contributed by atoms with E-state index in [1.54, 1.807) is 0 Å². The molecule has 2 nitrogen and oxygen atoms in total. The van der Waals surface area contributed by atoms with E-state index in [4.69, 9.17) is 0 Å². The highest BCUT2D eigenvalue weighted by Gasteiger charge is 2.11. The standard InChI is InChI=1S/C12H17BrN2/c13-11-6-1-2-7-12(11)15-9-10-5-3-4-8-14-10/h1-2,6-7,10,14-15H,3-5,8-9H2. The molecule has 1 fully saturated rings. The maximum absolute atomic E-state index is 3.54. The molecule has 0 saturated carbocycles. The van der Waals surface area contributed by atoms with E-state index >= 15 is 0 Å². The molecule has 1 saturated heterocycles. The lowest BCUT2D eigenvalue weighted by Crippen LogP contribution is -2.39. The number of hydrogen-bond donors (Lipinski definition) is 2. The average Bonchev–Trinajstić information content (AvgIpc) is 2.29. The Bertz CT molecular complexity index is 308. The summed E-state index contributed by atoms with van der Waals surface area (Å²) in [4.78, 5) is 0. The van der Waals surface area contributed by atoms with Gasteiger partial charge in [-0.15, -0.1) is 0 Å². The van der Waals surface area contributed by atoms with E-state index in [2.05, 4.69) is 44.8 Å². The Hall–Kier alpha value is -0.540. The number of rotatable bonds is 3. The van der Waals surface area contributed by atoms with Crippen molar-refractivity contribution in [3.8, 4) is 0 Å². The Morgan fingerprint density at radius 2 is 2.20 bits per heavy atom. The fourth-order valence-electron chi connectivity index (χ4n) is 1.94. The predicted molar refractivity (Wildman–Crippen MR) is 68.3 cm³/mol. The minimum atomic E-state index is 0.630. The molecule has 0 radical (unpaired) electrons. The van der Waals surface area contributed by atoms with Crippen molar-refractivity contribution in [2.75, 3.05) is 18.4 Å². The van der Waals surface area contributed by atoms with Gasteiger partial charge in [-0.2, -0.15) is 0 Å². The molecule has 1 aromatic rings. The predicted octanol–water partition coefficient (Wildman–Crippen LogP) is 3.00. The van der Waals surface area contributed by atoms with E-state index in [-0.39, 0.29) is 0 Å². The topological polar surface area (TPSA) is 24.1 Å². The first-order valence-corrected chi connectivity index (χ1v) is 6.37. The molecule has 1 aliphatic rings. The lowest BCUT2D eigenvalue weighted by atomic mass is 10.1. The van der Waals surface area contributed by atoms with Crippen LogP contribution in [0.3, 0.4) is 0 Å². The Morgan fingerprint density at radius 1 is 1.33 bits per heavy atom. The van der Waals surface area contributed by atoms with Gasteiger partial charge in [-0.05, 0) is 47.4 Å². The van der Waals surface area contributed by atoms with Crippen LogP contribution in [0.1, 0.15) is 19.3 Å². The third kappa shape index (κ3) is 3.21. The second kappa shape index (κ2) is 5.52. The summed E-state index contributed by atoms with van der Waals surface area (Å²) in [6.45, 7) is 2.19. The third-order valence-electron chi connectivity index (χ3n) is 2.83. The summed E-state index contributed by atoms with van der Waals surface area (Å²) in [5, 5.41) is 7.00. The van der Waals surface area contributed by atoms with E-state index in [9.17, 15) is 0 Å². The normalized spacial score (nSPS) is 21.3. The highest BCUT2D eigenvalue weighted by atomic mass is 79.9. The Kier molecular flexibility index (Phi) is 4.03. The van der Waals surface area contributed by atoms with Crippen LogP contribution in [0.15, 0.2) is 28.7 Å². The van der Waals surface area contributed by atoms with E-state index in [1.165, 1.54) is 31.5 Å². The Morgan fingerprint density at radius 3 is 2.93 bits per heavy atom. The van der Waals surface area contributed by atoms with Crippen LogP contribution in [0.2, 0.25) is 0 Å². The highest BCUT2D eigenvalue weighted by molar-refractivity contribution is 9.10. The van der Waals surface area contributed by atoms with Crippen molar-refractivity contribution in [2.24, 2.45) is 0 Å². The van der Waals surface area contributed by atoms with E-state index in [0.717, 1.165) is 11.0 Å². The molecule has 1 aliphatic heterocycles. The van der Waals surface area contributed by atoms with Gasteiger partial charge in [0.2, 0.25) is 0 Å². The van der Waals surface area contributed by atoms with E-state index < -0.39 is 0 Å². The largest absolute Gasteiger partial charge is 0.383 e. The van der Waals surface area contributed by atoms with Crippen LogP contribution < -0.4 is 10.6 Å². The van der Waals surface area contributed by atoms with Gasteiger partial charge >= 0.3 is 0 Å². The third-order valence-corrected chi connectivity index (χ3v) is 3.52. The molecular weight excluding hydrogens is 252 g/mol. The summed E-state index contributed by atoms with van der Waals surface area (Å²) in [5.74, 6) is 0. The number of para-hydroxylation sites is 1. The van der Waals surface area contributed by atoms with Crippen LogP contribution >= 0.6 is 15.9 Å². The fourth-order valence-corrected chi connectivity index (χ4v) is 2.36. The van der Waals surface area contributed by atoms with Gasteiger partial charge in [-0.1, -0.05) is 18.6 Å². The zero-order chi connectivity index (χ0) is 10.5. The summed E-state index contributed by atoms with van der Waals surface area (Å²) < 4.78 is 1.14. The molecule has 0 spiro atoms. The quantitative estimate of drug-likeness (QED) is 0.881. The smallest absolute Gasteiger partial charge is 0.0485 e. The van der Waals surface area contributed by atoms with E-state index in [1.807, 2.05) is 6.07 Å². The maximum atomic E-state index is 3.54. The van der Waals surface area contributed by atoms with Crippen LogP contribution in [-0.2, 0) is 0 Å². The van der Waals surface area contributed by atoms with Gasteiger partial charge in [-0.3, -0.25) is 0 Å². The fraction of sp³-hybridized carbons (Fsp3) is 0.500. The van der Waals surface area contributed by atoms with Crippen molar-refractivity contribution in [3.63, 3.8) is 0 Å². The Labute approximate surface area is 99.6 Å². The minimum Gasteiger partial charge on any atom is -0.383 e. The van der Waals surface area contributed by atoms with Crippen molar-refractivity contribution in [3.05, 3.63) is 28.7 Å². The van der Waals surface area contributed by atoms with Crippen molar-refractivity contribution in [1.29, 1.82) is 0 Å². The lowest BCUT2D eigenvalue weighted by Gasteiger charge is -2.24. The second-order valence-corrected chi connectivity index (χ2v) is 4.86. The van der Waals surface area contributed by atoms with E-state index in [0.29, 0.717) is 6.04 Å². The zero-order valence-electron chi connectivity index (χ0n) is 8.80. The SMILES string of the molecule is Brc1ccccc1NCC1CCCCN1. The molecule has 2 N–H and O–H groups in total. The number of benzene rings is 1. The van der Waals surface area contributed by atoms with Crippen molar-refractivity contribution < 1.29 is 0 Å². The molecule has 0 aromatic heterocycles. The van der Waals surface area contributed by atoms with Crippen molar-refractivity contribution >= 4 is 21.6 Å². The monoisotopic (exact) mass is 268 g/mol. The second-order valence-electron chi connectivity index (χ2n) is 4.01. The minimum absolute atomic E-state index is 0.630. The van der Waals surface area contributed by atoms with Gasteiger partial charge in [-0.25, -0.2) is 0 Å². The summed E-state index contributed by atoms with van der Waals surface area (Å²) in [5.41, 5.74) is 1.19. The molecular formula is C12H17BrN2. The zero-order valence-corrected chi connectivity index (χ0v) is 10.4. The first-order chi connectivity index (χ1) is 7.36. The summed E-state index contributed by atoms with van der Waals surface area (Å²) in [7, 11) is 0. The van der Waals surface area contributed by atoms with Crippen LogP contribution in [0.4, 0.5) is 5.69 Å². The summed E-state index contributed by atoms with van der Waals surface area (Å²) in [6.07, 6.45) is 3.97. The Balaban J connectivity index is 1.84. The number of anilines is 1. The van der Waals surface area contributed by atoms with Gasteiger partial charge in [0.1, 0.15) is 0 Å². The average molecular weight is 269 g/mol. The molecule has 0 aliphatic carbocycles. The van der Waals surface area contributed by atoms with Crippen molar-refractivity contribution in [1.82, 2.24) is 5.32 Å². The van der Waals surface area contributed by atoms with Gasteiger partial charge in [0, 0.05) is 22.7 Å². The first kappa shape index (κ1) is 11.0. The number of nitrogens with one attached hydrogen (secondary N) is 2. The molecule has 1 atom stereocenters. The van der Waals surface area contributed by atoms with Gasteiger partial charge < -0.3 is 10.6 Å². The summed E-state index contributed by atoms with van der Waals surface area (Å²) >= 11 is 3.54. The number of halogens is 1. The van der Waals surface area contributed by atoms with Gasteiger partial charge in [0.15, 0.2) is 0 Å². The summed E-state index contributed by atoms with van der Waals surface area (Å²) in [6, 6.07) is 8.89. The van der Waals surface area contributed by atoms with Crippen LogP contribution in [0.25, 0.3) is 0 Å². The van der Waals surface area contributed by atoms with Gasteiger partial charge in [0.25, 0.3) is 0 Å². The molecule has 1 heterocycles. The first-order valence-electron chi connectivity index (χ1n) is 5.58. The lowest BCUT2D eigenvalue weighted by molar-refractivity contribution is 0.414. The molecule has 0 bridgehead atoms. The molecule has 15 heavy (non-hydrogen) atoms. The molecule has 3 heteroatoms. The molecule has 1 unspecified atom stereocenters. The molecule has 1 aromatic carbocycles. The van der Waals surface area contributed by atoms with Crippen LogP contribution in [-0.4, -0.2) is 19.1 Å². The van der Waals surface area contributed by atoms with Gasteiger partial charge in [0.05, 0.1) is 0 Å². The van der Waals surface area contributed by atoms with Crippen molar-refractivity contribution in [2.45, 2.75) is 25.3 Å². The number of hydrogen-bond acceptors (Lipinski definition) is 2. The molecule has 0 amide bonds. The molecule has 82 valence electrons. The van der Waals surface area contributed by atoms with Crippen LogP contribution in [0.5, 0.6) is 0 Å². The van der Waals surface area contributed by atoms with Crippen LogP contribution in [0, 0.1) is 0 Å². The highest BCUT2D eigenvalue weighted by Crippen LogP contribution is 2.21. The number of piperidine rings is 1. The maximum Gasteiger partial charge on any atom is 0.0485 e.